The summed E-state index contributed by atoms with van der Waals surface area (Å²) in [5.41, 5.74) is 2.74. The zero-order chi connectivity index (χ0) is 16.6. The first-order valence-corrected chi connectivity index (χ1v) is 7.24. The predicted octanol–water partition coefficient (Wildman–Crippen LogP) is 3.85. The number of carbonyl (C=O) groups is 1. The van der Waals surface area contributed by atoms with Crippen LogP contribution in [0.4, 0.5) is 5.69 Å². The lowest BCUT2D eigenvalue weighted by atomic mass is 10.0. The van der Waals surface area contributed by atoms with Crippen LogP contribution in [0, 0.1) is 10.1 Å². The highest BCUT2D eigenvalue weighted by Gasteiger charge is 2.20. The van der Waals surface area contributed by atoms with Crippen LogP contribution in [-0.4, -0.2) is 20.6 Å². The summed E-state index contributed by atoms with van der Waals surface area (Å²) in [4.78, 5) is 26.5. The van der Waals surface area contributed by atoms with Gasteiger partial charge in [0.2, 0.25) is 5.65 Å². The SMILES string of the molecule is CC(C)c1ccc(-c2nc3c([N+](=O)[O-])cccn3c2C=O)cc1. The van der Waals surface area contributed by atoms with Crippen LogP contribution < -0.4 is 0 Å². The largest absolute Gasteiger partial charge is 0.312 e. The first kappa shape index (κ1) is 14.9. The molecule has 0 saturated heterocycles. The molecule has 2 heterocycles. The van der Waals surface area contributed by atoms with Crippen LogP contribution in [0.2, 0.25) is 0 Å². The lowest BCUT2D eigenvalue weighted by Gasteiger charge is -2.05. The van der Waals surface area contributed by atoms with Crippen molar-refractivity contribution in [3.05, 3.63) is 64.0 Å². The maximum Gasteiger partial charge on any atom is 0.312 e. The molecule has 6 heteroatoms. The lowest BCUT2D eigenvalue weighted by molar-refractivity contribution is -0.383. The summed E-state index contributed by atoms with van der Waals surface area (Å²) < 4.78 is 1.46. The number of hydrogen-bond donors (Lipinski definition) is 0. The molecule has 116 valence electrons. The third-order valence-corrected chi connectivity index (χ3v) is 3.83. The van der Waals surface area contributed by atoms with Crippen molar-refractivity contribution in [2.75, 3.05) is 0 Å². The first-order chi connectivity index (χ1) is 11.0. The second kappa shape index (κ2) is 5.64. The second-order valence-electron chi connectivity index (χ2n) is 5.58. The average Bonchev–Trinajstić information content (AvgIpc) is 2.93. The van der Waals surface area contributed by atoms with Crippen molar-refractivity contribution in [2.24, 2.45) is 0 Å². The minimum Gasteiger partial charge on any atom is -0.296 e. The van der Waals surface area contributed by atoms with E-state index >= 15 is 0 Å². The Morgan fingerprint density at radius 1 is 1.22 bits per heavy atom. The van der Waals surface area contributed by atoms with Crippen LogP contribution in [0.1, 0.15) is 35.8 Å². The fourth-order valence-corrected chi connectivity index (χ4v) is 2.57. The van der Waals surface area contributed by atoms with Gasteiger partial charge < -0.3 is 0 Å². The van der Waals surface area contributed by atoms with Gasteiger partial charge in [0.15, 0.2) is 6.29 Å². The van der Waals surface area contributed by atoms with E-state index < -0.39 is 4.92 Å². The van der Waals surface area contributed by atoms with E-state index in [1.165, 1.54) is 22.1 Å². The van der Waals surface area contributed by atoms with E-state index in [0.717, 1.165) is 5.56 Å². The van der Waals surface area contributed by atoms with Crippen LogP contribution in [0.5, 0.6) is 0 Å². The van der Waals surface area contributed by atoms with Crippen molar-refractivity contribution in [2.45, 2.75) is 19.8 Å². The van der Waals surface area contributed by atoms with Crippen molar-refractivity contribution in [3.8, 4) is 11.3 Å². The van der Waals surface area contributed by atoms with Crippen molar-refractivity contribution in [3.63, 3.8) is 0 Å². The van der Waals surface area contributed by atoms with E-state index in [-0.39, 0.29) is 11.3 Å². The standard InChI is InChI=1S/C17H15N3O3/c1-11(2)12-5-7-13(8-6-12)16-15(10-21)19-9-3-4-14(20(22)23)17(19)18-16/h3-11H,1-2H3. The average molecular weight is 309 g/mol. The fourth-order valence-electron chi connectivity index (χ4n) is 2.57. The van der Waals surface area contributed by atoms with Crippen LogP contribution >= 0.6 is 0 Å². The number of aldehydes is 1. The number of fused-ring (bicyclic) bond motifs is 1. The molecule has 0 aliphatic carbocycles. The maximum absolute atomic E-state index is 11.5. The molecule has 23 heavy (non-hydrogen) atoms. The van der Waals surface area contributed by atoms with Gasteiger partial charge in [-0.15, -0.1) is 0 Å². The molecule has 0 saturated carbocycles. The van der Waals surface area contributed by atoms with E-state index in [2.05, 4.69) is 18.8 Å². The topological polar surface area (TPSA) is 77.5 Å². The van der Waals surface area contributed by atoms with Gasteiger partial charge >= 0.3 is 5.69 Å². The zero-order valence-corrected chi connectivity index (χ0v) is 12.8. The van der Waals surface area contributed by atoms with Gasteiger partial charge in [0, 0.05) is 17.8 Å². The van der Waals surface area contributed by atoms with Gasteiger partial charge in [-0.3, -0.25) is 19.3 Å². The van der Waals surface area contributed by atoms with Crippen LogP contribution in [0.25, 0.3) is 16.9 Å². The zero-order valence-electron chi connectivity index (χ0n) is 12.8. The third-order valence-electron chi connectivity index (χ3n) is 3.83. The first-order valence-electron chi connectivity index (χ1n) is 7.24. The molecule has 3 rings (SSSR count). The van der Waals surface area contributed by atoms with Gasteiger partial charge in [0.1, 0.15) is 11.4 Å². The highest BCUT2D eigenvalue weighted by atomic mass is 16.6. The van der Waals surface area contributed by atoms with E-state index in [9.17, 15) is 14.9 Å². The Bertz CT molecular complexity index is 895. The summed E-state index contributed by atoms with van der Waals surface area (Å²) in [5, 5.41) is 11.1. The molecule has 0 bridgehead atoms. The normalized spacial score (nSPS) is 11.1. The fraction of sp³-hybridized carbons (Fsp3) is 0.176. The van der Waals surface area contributed by atoms with Crippen molar-refractivity contribution < 1.29 is 9.72 Å². The Morgan fingerprint density at radius 3 is 2.48 bits per heavy atom. The third kappa shape index (κ3) is 2.48. The molecule has 2 aromatic heterocycles. The summed E-state index contributed by atoms with van der Waals surface area (Å²) in [7, 11) is 0. The summed E-state index contributed by atoms with van der Waals surface area (Å²) in [6, 6.07) is 10.6. The molecular formula is C17H15N3O3. The Balaban J connectivity index is 2.23. The summed E-state index contributed by atoms with van der Waals surface area (Å²) in [6.07, 6.45) is 2.28. The number of rotatable bonds is 4. The Kier molecular flexibility index (Phi) is 3.65. The Labute approximate surface area is 132 Å². The van der Waals surface area contributed by atoms with Crippen molar-refractivity contribution >= 4 is 17.6 Å². The van der Waals surface area contributed by atoms with Gasteiger partial charge in [0.25, 0.3) is 0 Å². The van der Waals surface area contributed by atoms with Gasteiger partial charge in [0.05, 0.1) is 4.92 Å². The molecule has 0 fully saturated rings. The maximum atomic E-state index is 11.5. The number of imidazole rings is 1. The molecule has 0 aliphatic heterocycles. The molecule has 0 spiro atoms. The number of nitro groups is 1. The summed E-state index contributed by atoms with van der Waals surface area (Å²) in [5.74, 6) is 0.400. The lowest BCUT2D eigenvalue weighted by Crippen LogP contribution is -1.95. The molecule has 0 radical (unpaired) electrons. The summed E-state index contributed by atoms with van der Waals surface area (Å²) in [6.45, 7) is 4.19. The van der Waals surface area contributed by atoms with Crippen LogP contribution in [0.15, 0.2) is 42.6 Å². The molecule has 0 amide bonds. The number of aromatic nitrogens is 2. The van der Waals surface area contributed by atoms with Gasteiger partial charge in [-0.25, -0.2) is 4.98 Å². The predicted molar refractivity (Wildman–Crippen MR) is 86.8 cm³/mol. The molecule has 1 aromatic carbocycles. The van der Waals surface area contributed by atoms with E-state index in [0.29, 0.717) is 23.6 Å². The number of hydrogen-bond acceptors (Lipinski definition) is 4. The quantitative estimate of drug-likeness (QED) is 0.416. The van der Waals surface area contributed by atoms with Crippen molar-refractivity contribution in [1.29, 1.82) is 0 Å². The molecule has 0 atom stereocenters. The van der Waals surface area contributed by atoms with Crippen molar-refractivity contribution in [1.82, 2.24) is 9.38 Å². The van der Waals surface area contributed by atoms with Gasteiger partial charge in [-0.1, -0.05) is 38.1 Å². The number of carbonyl (C=O) groups excluding carboxylic acids is 1. The number of nitrogens with zero attached hydrogens (tertiary/aromatic N) is 3. The highest BCUT2D eigenvalue weighted by Crippen LogP contribution is 2.28. The molecule has 0 unspecified atom stereocenters. The van der Waals surface area contributed by atoms with Gasteiger partial charge in [-0.2, -0.15) is 0 Å². The molecule has 0 N–H and O–H groups in total. The smallest absolute Gasteiger partial charge is 0.296 e. The van der Waals surface area contributed by atoms with Gasteiger partial charge in [-0.05, 0) is 17.5 Å². The Morgan fingerprint density at radius 2 is 1.91 bits per heavy atom. The summed E-state index contributed by atoms with van der Waals surface area (Å²) >= 11 is 0. The number of pyridine rings is 1. The highest BCUT2D eigenvalue weighted by molar-refractivity contribution is 5.87. The Hall–Kier alpha value is -3.02. The molecule has 6 nitrogen and oxygen atoms in total. The van der Waals surface area contributed by atoms with E-state index in [1.54, 1.807) is 6.20 Å². The second-order valence-corrected chi connectivity index (χ2v) is 5.58. The number of benzene rings is 1. The monoisotopic (exact) mass is 309 g/mol. The minimum absolute atomic E-state index is 0.124. The molecule has 3 aromatic rings. The van der Waals surface area contributed by atoms with Crippen LogP contribution in [0.3, 0.4) is 0 Å². The minimum atomic E-state index is -0.497. The molecular weight excluding hydrogens is 294 g/mol. The molecule has 0 aliphatic rings. The van der Waals surface area contributed by atoms with Crippen LogP contribution in [-0.2, 0) is 0 Å². The van der Waals surface area contributed by atoms with E-state index in [1.807, 2.05) is 24.3 Å². The van der Waals surface area contributed by atoms with E-state index in [4.69, 9.17) is 0 Å².